The van der Waals surface area contributed by atoms with E-state index in [2.05, 4.69) is 15.5 Å². The topological polar surface area (TPSA) is 104 Å². The van der Waals surface area contributed by atoms with Crippen molar-refractivity contribution in [3.63, 3.8) is 0 Å². The Balaban J connectivity index is 1.31. The van der Waals surface area contributed by atoms with Gasteiger partial charge in [-0.2, -0.15) is 0 Å². The van der Waals surface area contributed by atoms with Crippen LogP contribution in [0.5, 0.6) is 11.6 Å². The van der Waals surface area contributed by atoms with Gasteiger partial charge in [-0.05, 0) is 42.5 Å². The summed E-state index contributed by atoms with van der Waals surface area (Å²) in [7, 11) is 1.61. The number of fused-ring (bicyclic) bond motifs is 1. The smallest absolute Gasteiger partial charge is 0.349 e. The lowest BCUT2D eigenvalue weighted by Crippen LogP contribution is -2.31. The minimum Gasteiger partial charge on any atom is -0.497 e. The van der Waals surface area contributed by atoms with Gasteiger partial charge in [0.1, 0.15) is 23.5 Å². The zero-order chi connectivity index (χ0) is 21.6. The van der Waals surface area contributed by atoms with E-state index in [9.17, 15) is 9.59 Å². The van der Waals surface area contributed by atoms with Crippen molar-refractivity contribution < 1.29 is 18.7 Å². The fourth-order valence-electron chi connectivity index (χ4n) is 2.95. The van der Waals surface area contributed by atoms with Gasteiger partial charge in [-0.3, -0.25) is 4.79 Å². The highest BCUT2D eigenvalue weighted by Gasteiger charge is 2.13. The maximum atomic E-state index is 12.3. The quantitative estimate of drug-likeness (QED) is 0.364. The van der Waals surface area contributed by atoms with E-state index >= 15 is 0 Å². The molecule has 8 nitrogen and oxygen atoms in total. The Morgan fingerprint density at radius 2 is 1.84 bits per heavy atom. The molecule has 8 heteroatoms. The number of nitrogens with one attached hydrogen (secondary N) is 1. The summed E-state index contributed by atoms with van der Waals surface area (Å²) in [6.45, 7) is 0.355. The van der Waals surface area contributed by atoms with Gasteiger partial charge in [0.25, 0.3) is 5.91 Å². The first-order valence-corrected chi connectivity index (χ1v) is 9.56. The van der Waals surface area contributed by atoms with E-state index in [1.54, 1.807) is 43.5 Å². The molecule has 1 amide bonds. The fraction of sp³-hybridized carbons (Fsp3) is 0.130. The predicted octanol–water partition coefficient (Wildman–Crippen LogP) is 3.07. The number of aromatic nitrogens is 2. The number of methoxy groups -OCH3 is 1. The van der Waals surface area contributed by atoms with Crippen LogP contribution in [-0.4, -0.2) is 36.4 Å². The predicted molar refractivity (Wildman–Crippen MR) is 114 cm³/mol. The Morgan fingerprint density at radius 3 is 2.58 bits per heavy atom. The Labute approximate surface area is 177 Å². The third kappa shape index (κ3) is 4.69. The third-order valence-electron chi connectivity index (χ3n) is 4.55. The molecule has 0 aliphatic carbocycles. The van der Waals surface area contributed by atoms with Crippen molar-refractivity contribution in [3.05, 3.63) is 82.7 Å². The summed E-state index contributed by atoms with van der Waals surface area (Å²) in [5.41, 5.74) is 1.30. The van der Waals surface area contributed by atoms with Crippen molar-refractivity contribution >= 4 is 16.9 Å². The van der Waals surface area contributed by atoms with Crippen LogP contribution in [0, 0.1) is 0 Å². The number of rotatable bonds is 7. The fourth-order valence-corrected chi connectivity index (χ4v) is 2.95. The Kier molecular flexibility index (Phi) is 5.89. The molecule has 0 atom stereocenters. The lowest BCUT2D eigenvalue weighted by atomic mass is 10.1. The van der Waals surface area contributed by atoms with Crippen LogP contribution in [-0.2, 0) is 0 Å². The normalized spacial score (nSPS) is 10.6. The van der Waals surface area contributed by atoms with E-state index in [0.29, 0.717) is 22.5 Å². The summed E-state index contributed by atoms with van der Waals surface area (Å²) in [6, 6.07) is 19.5. The number of hydrogen-bond acceptors (Lipinski definition) is 7. The Morgan fingerprint density at radius 1 is 1.03 bits per heavy atom. The van der Waals surface area contributed by atoms with E-state index in [-0.39, 0.29) is 18.7 Å². The van der Waals surface area contributed by atoms with Gasteiger partial charge >= 0.3 is 5.63 Å². The highest BCUT2D eigenvalue weighted by Crippen LogP contribution is 2.21. The van der Waals surface area contributed by atoms with Gasteiger partial charge < -0.3 is 19.2 Å². The van der Waals surface area contributed by atoms with Crippen LogP contribution in [0.2, 0.25) is 0 Å². The second kappa shape index (κ2) is 9.08. The molecule has 156 valence electrons. The third-order valence-corrected chi connectivity index (χ3v) is 4.55. The largest absolute Gasteiger partial charge is 0.497 e. The van der Waals surface area contributed by atoms with Gasteiger partial charge in [0, 0.05) is 17.0 Å². The second-order valence-corrected chi connectivity index (χ2v) is 6.58. The van der Waals surface area contributed by atoms with Gasteiger partial charge in [-0.1, -0.05) is 18.2 Å². The lowest BCUT2D eigenvalue weighted by Gasteiger charge is -2.07. The maximum Gasteiger partial charge on any atom is 0.349 e. The first-order chi connectivity index (χ1) is 15.1. The van der Waals surface area contributed by atoms with Crippen LogP contribution in [0.3, 0.4) is 0 Å². The monoisotopic (exact) mass is 417 g/mol. The number of carbonyl (C=O) groups is 1. The first-order valence-electron chi connectivity index (χ1n) is 9.56. The molecule has 0 saturated heterocycles. The molecule has 0 bridgehead atoms. The van der Waals surface area contributed by atoms with Crippen molar-refractivity contribution in [1.82, 2.24) is 15.5 Å². The Hall–Kier alpha value is -4.20. The summed E-state index contributed by atoms with van der Waals surface area (Å²) < 4.78 is 15.8. The van der Waals surface area contributed by atoms with E-state index in [0.717, 1.165) is 11.3 Å². The van der Waals surface area contributed by atoms with Gasteiger partial charge in [-0.15, -0.1) is 10.2 Å². The molecule has 0 radical (unpaired) electrons. The Bertz CT molecular complexity index is 1250. The molecule has 4 rings (SSSR count). The van der Waals surface area contributed by atoms with E-state index in [1.807, 2.05) is 24.3 Å². The van der Waals surface area contributed by atoms with Crippen molar-refractivity contribution in [2.45, 2.75) is 0 Å². The van der Waals surface area contributed by atoms with Crippen LogP contribution < -0.4 is 20.4 Å². The molecule has 0 unspecified atom stereocenters. The standard InChI is InChI=1S/C23H19N3O5/c1-29-17-8-6-15(7-9-17)19-10-11-21(26-25-19)30-13-12-24-22(27)18-14-16-4-2-3-5-20(16)31-23(18)28/h2-11,14H,12-13H2,1H3,(H,24,27). The van der Waals surface area contributed by atoms with Crippen molar-refractivity contribution in [3.8, 4) is 22.9 Å². The van der Waals surface area contributed by atoms with Gasteiger partial charge in [0.15, 0.2) is 0 Å². The molecule has 1 N–H and O–H groups in total. The van der Waals surface area contributed by atoms with Crippen molar-refractivity contribution in [1.29, 1.82) is 0 Å². The molecule has 0 spiro atoms. The molecule has 31 heavy (non-hydrogen) atoms. The number of ether oxygens (including phenoxy) is 2. The highest BCUT2D eigenvalue weighted by molar-refractivity contribution is 5.96. The summed E-state index contributed by atoms with van der Waals surface area (Å²) in [4.78, 5) is 24.3. The molecule has 2 aromatic heterocycles. The van der Waals surface area contributed by atoms with Crippen LogP contribution in [0.4, 0.5) is 0 Å². The zero-order valence-corrected chi connectivity index (χ0v) is 16.7. The zero-order valence-electron chi connectivity index (χ0n) is 16.7. The minimum atomic E-state index is -0.683. The lowest BCUT2D eigenvalue weighted by molar-refractivity contribution is 0.0943. The van der Waals surface area contributed by atoms with Gasteiger partial charge in [0.05, 0.1) is 19.3 Å². The number of carbonyl (C=O) groups excluding carboxylic acids is 1. The first kappa shape index (κ1) is 20.1. The molecule has 2 heterocycles. The second-order valence-electron chi connectivity index (χ2n) is 6.58. The van der Waals surface area contributed by atoms with Crippen LogP contribution in [0.15, 0.2) is 75.9 Å². The number of hydrogen-bond donors (Lipinski definition) is 1. The SMILES string of the molecule is COc1ccc(-c2ccc(OCCNC(=O)c3cc4ccccc4oc3=O)nn2)cc1. The highest BCUT2D eigenvalue weighted by atomic mass is 16.5. The summed E-state index contributed by atoms with van der Waals surface area (Å²) in [5, 5.41) is 11.5. The summed E-state index contributed by atoms with van der Waals surface area (Å²) in [6.07, 6.45) is 0. The number of nitrogens with zero attached hydrogens (tertiary/aromatic N) is 2. The number of benzene rings is 2. The minimum absolute atomic E-state index is 0.0534. The van der Waals surface area contributed by atoms with E-state index in [1.165, 1.54) is 6.07 Å². The van der Waals surface area contributed by atoms with Crippen LogP contribution in [0.1, 0.15) is 10.4 Å². The number of para-hydroxylation sites is 1. The molecular formula is C23H19N3O5. The maximum absolute atomic E-state index is 12.3. The molecular weight excluding hydrogens is 398 g/mol. The summed E-state index contributed by atoms with van der Waals surface area (Å²) in [5.74, 6) is 0.570. The molecule has 0 aliphatic rings. The summed E-state index contributed by atoms with van der Waals surface area (Å²) >= 11 is 0. The van der Waals surface area contributed by atoms with E-state index in [4.69, 9.17) is 13.9 Å². The molecule has 0 fully saturated rings. The van der Waals surface area contributed by atoms with Crippen LogP contribution >= 0.6 is 0 Å². The number of amides is 1. The molecule has 0 saturated carbocycles. The molecule has 4 aromatic rings. The van der Waals surface area contributed by atoms with Crippen molar-refractivity contribution in [2.75, 3.05) is 20.3 Å². The molecule has 0 aliphatic heterocycles. The van der Waals surface area contributed by atoms with Gasteiger partial charge in [-0.25, -0.2) is 4.79 Å². The molecule has 2 aromatic carbocycles. The van der Waals surface area contributed by atoms with Crippen molar-refractivity contribution in [2.24, 2.45) is 0 Å². The van der Waals surface area contributed by atoms with E-state index < -0.39 is 11.5 Å². The van der Waals surface area contributed by atoms with Crippen LogP contribution in [0.25, 0.3) is 22.2 Å². The average molecular weight is 417 g/mol. The average Bonchev–Trinajstić information content (AvgIpc) is 2.81. The van der Waals surface area contributed by atoms with Gasteiger partial charge in [0.2, 0.25) is 5.88 Å².